The first-order chi connectivity index (χ1) is 6.99. The van der Waals surface area contributed by atoms with E-state index in [4.69, 9.17) is 0 Å². The molecular weight excluding hydrogens is 340 g/mol. The van der Waals surface area contributed by atoms with Gasteiger partial charge in [-0.2, -0.15) is 0 Å². The molecule has 0 saturated carbocycles. The highest BCUT2D eigenvalue weighted by Crippen LogP contribution is 2.32. The second-order valence-electron chi connectivity index (χ2n) is 3.88. The molecule has 1 aromatic heterocycles. The van der Waals surface area contributed by atoms with Crippen molar-refractivity contribution in [3.8, 4) is 0 Å². The van der Waals surface area contributed by atoms with E-state index in [-0.39, 0.29) is 0 Å². The zero-order chi connectivity index (χ0) is 11.4. The lowest BCUT2D eigenvalue weighted by molar-refractivity contribution is 0.349. The lowest BCUT2D eigenvalue weighted by Crippen LogP contribution is -2.35. The van der Waals surface area contributed by atoms with Crippen molar-refractivity contribution in [2.75, 3.05) is 20.6 Å². The van der Waals surface area contributed by atoms with Gasteiger partial charge in [-0.15, -0.1) is 11.3 Å². The maximum atomic E-state index is 3.50. The summed E-state index contributed by atoms with van der Waals surface area (Å²) in [5, 5.41) is 3.50. The Balaban J connectivity index is 2.36. The maximum Gasteiger partial charge on any atom is 0.0843 e. The van der Waals surface area contributed by atoms with Gasteiger partial charge >= 0.3 is 0 Å². The minimum absolute atomic E-state index is 0.514. The van der Waals surface area contributed by atoms with Crippen LogP contribution in [0.5, 0.6) is 0 Å². The Morgan fingerprint density at radius 2 is 2.13 bits per heavy atom. The number of likely N-dealkylation sites (N-methyl/N-ethyl adjacent to an activating group) is 1. The molecule has 86 valence electrons. The zero-order valence-electron chi connectivity index (χ0n) is 9.18. The van der Waals surface area contributed by atoms with Gasteiger partial charge in [0.1, 0.15) is 0 Å². The second kappa shape index (κ2) is 6.35. The molecular formula is C10H16Br2N2S. The monoisotopic (exact) mass is 354 g/mol. The van der Waals surface area contributed by atoms with Gasteiger partial charge in [-0.1, -0.05) is 0 Å². The average molecular weight is 356 g/mol. The van der Waals surface area contributed by atoms with Gasteiger partial charge in [0.15, 0.2) is 0 Å². The van der Waals surface area contributed by atoms with Crippen molar-refractivity contribution in [2.45, 2.75) is 19.5 Å². The summed E-state index contributed by atoms with van der Waals surface area (Å²) >= 11 is 8.76. The van der Waals surface area contributed by atoms with E-state index in [1.54, 1.807) is 11.3 Å². The van der Waals surface area contributed by atoms with E-state index in [2.05, 4.69) is 69.2 Å². The molecule has 0 radical (unpaired) electrons. The number of nitrogens with zero attached hydrogens (tertiary/aromatic N) is 1. The Hall–Kier alpha value is 0.580. The SMILES string of the molecule is CC(CN(C)C)NCc1cc(Br)c(Br)s1. The minimum Gasteiger partial charge on any atom is -0.308 e. The van der Waals surface area contributed by atoms with Crippen LogP contribution in [0.25, 0.3) is 0 Å². The largest absolute Gasteiger partial charge is 0.308 e. The highest BCUT2D eigenvalue weighted by atomic mass is 79.9. The molecule has 1 unspecified atom stereocenters. The number of rotatable bonds is 5. The van der Waals surface area contributed by atoms with Gasteiger partial charge in [-0.25, -0.2) is 0 Å². The number of hydrogen-bond donors (Lipinski definition) is 1. The van der Waals surface area contributed by atoms with E-state index in [1.165, 1.54) is 8.66 Å². The third-order valence-electron chi connectivity index (χ3n) is 1.96. The summed E-state index contributed by atoms with van der Waals surface area (Å²) in [6, 6.07) is 2.67. The average Bonchev–Trinajstić information content (AvgIpc) is 2.42. The molecule has 1 aromatic rings. The number of thiophene rings is 1. The lowest BCUT2D eigenvalue weighted by atomic mass is 10.3. The van der Waals surface area contributed by atoms with Crippen LogP contribution in [0.2, 0.25) is 0 Å². The Labute approximate surface area is 112 Å². The number of nitrogens with one attached hydrogen (secondary N) is 1. The van der Waals surface area contributed by atoms with Crippen LogP contribution in [0.3, 0.4) is 0 Å². The smallest absolute Gasteiger partial charge is 0.0843 e. The van der Waals surface area contributed by atoms with Crippen LogP contribution in [0.15, 0.2) is 14.3 Å². The molecule has 0 aliphatic rings. The predicted molar refractivity (Wildman–Crippen MR) is 74.6 cm³/mol. The quantitative estimate of drug-likeness (QED) is 0.871. The van der Waals surface area contributed by atoms with E-state index in [0.29, 0.717) is 6.04 Å². The minimum atomic E-state index is 0.514. The van der Waals surface area contributed by atoms with Gasteiger partial charge in [0, 0.05) is 28.5 Å². The molecule has 0 aromatic carbocycles. The predicted octanol–water partition coefficient (Wildman–Crippen LogP) is 3.31. The van der Waals surface area contributed by atoms with Crippen LogP contribution in [-0.2, 0) is 6.54 Å². The van der Waals surface area contributed by atoms with Crippen molar-refractivity contribution in [2.24, 2.45) is 0 Å². The molecule has 0 bridgehead atoms. The molecule has 15 heavy (non-hydrogen) atoms. The molecule has 1 heterocycles. The first kappa shape index (κ1) is 13.6. The highest BCUT2D eigenvalue weighted by Gasteiger charge is 2.06. The standard InChI is InChI=1S/C10H16Br2N2S/c1-7(6-14(2)3)13-5-8-4-9(11)10(12)15-8/h4,7,13H,5-6H2,1-3H3. The molecule has 0 spiro atoms. The molecule has 0 aliphatic carbocycles. The molecule has 1 rings (SSSR count). The van der Waals surface area contributed by atoms with Crippen LogP contribution in [-0.4, -0.2) is 31.6 Å². The summed E-state index contributed by atoms with van der Waals surface area (Å²) in [4.78, 5) is 3.54. The molecule has 1 atom stereocenters. The molecule has 1 N–H and O–H groups in total. The first-order valence-electron chi connectivity index (χ1n) is 4.81. The van der Waals surface area contributed by atoms with Gasteiger partial charge < -0.3 is 10.2 Å². The van der Waals surface area contributed by atoms with Crippen molar-refractivity contribution in [3.05, 3.63) is 19.2 Å². The van der Waals surface area contributed by atoms with E-state index in [9.17, 15) is 0 Å². The van der Waals surface area contributed by atoms with Crippen molar-refractivity contribution in [3.63, 3.8) is 0 Å². The fourth-order valence-corrected chi connectivity index (χ4v) is 3.49. The molecule has 0 fully saturated rings. The lowest BCUT2D eigenvalue weighted by Gasteiger charge is -2.17. The fourth-order valence-electron chi connectivity index (χ4n) is 1.37. The van der Waals surface area contributed by atoms with E-state index in [1.807, 2.05) is 0 Å². The summed E-state index contributed by atoms with van der Waals surface area (Å²) in [6.45, 7) is 4.20. The summed E-state index contributed by atoms with van der Waals surface area (Å²) in [7, 11) is 4.19. The first-order valence-corrected chi connectivity index (χ1v) is 7.21. The molecule has 5 heteroatoms. The van der Waals surface area contributed by atoms with Crippen molar-refractivity contribution >= 4 is 43.2 Å². The zero-order valence-corrected chi connectivity index (χ0v) is 13.2. The summed E-state index contributed by atoms with van der Waals surface area (Å²) in [5.74, 6) is 0. The van der Waals surface area contributed by atoms with Crippen molar-refractivity contribution in [1.82, 2.24) is 10.2 Å². The van der Waals surface area contributed by atoms with Crippen LogP contribution < -0.4 is 5.32 Å². The van der Waals surface area contributed by atoms with Gasteiger partial charge in [-0.3, -0.25) is 0 Å². The summed E-state index contributed by atoms with van der Waals surface area (Å²) in [5.41, 5.74) is 0. The third kappa shape index (κ3) is 4.95. The van der Waals surface area contributed by atoms with E-state index < -0.39 is 0 Å². The van der Waals surface area contributed by atoms with Gasteiger partial charge in [0.05, 0.1) is 3.79 Å². The van der Waals surface area contributed by atoms with Crippen LogP contribution in [0.1, 0.15) is 11.8 Å². The summed E-state index contributed by atoms with van der Waals surface area (Å²) < 4.78 is 2.31. The normalized spacial score (nSPS) is 13.5. The fraction of sp³-hybridized carbons (Fsp3) is 0.600. The molecule has 0 aliphatic heterocycles. The Kier molecular flexibility index (Phi) is 5.77. The van der Waals surface area contributed by atoms with Gasteiger partial charge in [-0.05, 0) is 58.9 Å². The Morgan fingerprint density at radius 3 is 2.60 bits per heavy atom. The summed E-state index contributed by atoms with van der Waals surface area (Å²) in [6.07, 6.45) is 0. The second-order valence-corrected chi connectivity index (χ2v) is 7.19. The van der Waals surface area contributed by atoms with Gasteiger partial charge in [0.2, 0.25) is 0 Å². The van der Waals surface area contributed by atoms with Crippen LogP contribution in [0, 0.1) is 0 Å². The number of halogens is 2. The molecule has 2 nitrogen and oxygen atoms in total. The van der Waals surface area contributed by atoms with E-state index in [0.717, 1.165) is 17.6 Å². The Morgan fingerprint density at radius 1 is 1.47 bits per heavy atom. The van der Waals surface area contributed by atoms with Gasteiger partial charge in [0.25, 0.3) is 0 Å². The van der Waals surface area contributed by atoms with Crippen LogP contribution in [0.4, 0.5) is 0 Å². The van der Waals surface area contributed by atoms with E-state index >= 15 is 0 Å². The topological polar surface area (TPSA) is 15.3 Å². The van der Waals surface area contributed by atoms with Crippen molar-refractivity contribution < 1.29 is 0 Å². The molecule has 0 saturated heterocycles. The maximum absolute atomic E-state index is 3.50. The number of hydrogen-bond acceptors (Lipinski definition) is 3. The Bertz CT molecular complexity index is 293. The molecule has 0 amide bonds. The third-order valence-corrected chi connectivity index (χ3v) is 5.22. The highest BCUT2D eigenvalue weighted by molar-refractivity contribution is 9.13. The van der Waals surface area contributed by atoms with Crippen molar-refractivity contribution in [1.29, 1.82) is 0 Å². The van der Waals surface area contributed by atoms with Crippen LogP contribution >= 0.6 is 43.2 Å².